The van der Waals surface area contributed by atoms with Crippen LogP contribution in [0.1, 0.15) is 10.4 Å². The second-order valence-electron chi connectivity index (χ2n) is 2.83. The molecule has 0 radical (unpaired) electrons. The number of carboxylic acids is 1. The molecule has 0 bridgehead atoms. The minimum absolute atomic E-state index is 0.186. The third kappa shape index (κ3) is 1.96. The predicted octanol–water partition coefficient (Wildman–Crippen LogP) is 1.24. The minimum atomic E-state index is -0.984. The summed E-state index contributed by atoms with van der Waals surface area (Å²) >= 11 is 0. The van der Waals surface area contributed by atoms with Gasteiger partial charge in [0, 0.05) is 18.6 Å². The van der Waals surface area contributed by atoms with Crippen molar-refractivity contribution in [3.05, 3.63) is 42.5 Å². The maximum atomic E-state index is 10.7. The summed E-state index contributed by atoms with van der Waals surface area (Å²) in [5, 5.41) is 8.79. The van der Waals surface area contributed by atoms with Gasteiger partial charge in [0.25, 0.3) is 0 Å². The van der Waals surface area contributed by atoms with Gasteiger partial charge in [0.2, 0.25) is 0 Å². The van der Waals surface area contributed by atoms with Crippen molar-refractivity contribution in [2.75, 3.05) is 0 Å². The second-order valence-corrected chi connectivity index (χ2v) is 2.83. The van der Waals surface area contributed by atoms with Crippen LogP contribution in [0, 0.1) is 0 Å². The topological polar surface area (TPSA) is 76.0 Å². The van der Waals surface area contributed by atoms with E-state index in [-0.39, 0.29) is 5.56 Å². The van der Waals surface area contributed by atoms with E-state index >= 15 is 0 Å². The average molecular weight is 201 g/mol. The van der Waals surface area contributed by atoms with Gasteiger partial charge in [0.05, 0.1) is 17.5 Å². The number of aromatic nitrogens is 3. The van der Waals surface area contributed by atoms with Crippen molar-refractivity contribution in [3.63, 3.8) is 0 Å². The fraction of sp³-hybridized carbons (Fsp3) is 0. The van der Waals surface area contributed by atoms with E-state index in [1.54, 1.807) is 6.20 Å². The van der Waals surface area contributed by atoms with Gasteiger partial charge in [0.1, 0.15) is 5.69 Å². The molecule has 2 heterocycles. The molecule has 0 atom stereocenters. The quantitative estimate of drug-likeness (QED) is 0.790. The molecule has 0 aliphatic heterocycles. The van der Waals surface area contributed by atoms with Gasteiger partial charge in [-0.05, 0) is 12.1 Å². The van der Waals surface area contributed by atoms with Gasteiger partial charge in [-0.15, -0.1) is 0 Å². The van der Waals surface area contributed by atoms with Crippen LogP contribution in [-0.2, 0) is 0 Å². The van der Waals surface area contributed by atoms with Crippen molar-refractivity contribution < 1.29 is 9.90 Å². The standard InChI is InChI=1S/C10H7N3O2/c14-10(15)7-1-2-12-8(5-7)9-6-11-3-4-13-9/h1-6H,(H,14,15). The maximum Gasteiger partial charge on any atom is 0.335 e. The highest BCUT2D eigenvalue weighted by Crippen LogP contribution is 2.13. The summed E-state index contributed by atoms with van der Waals surface area (Å²) in [7, 11) is 0. The molecule has 0 unspecified atom stereocenters. The fourth-order valence-electron chi connectivity index (χ4n) is 1.14. The molecule has 0 aliphatic carbocycles. The summed E-state index contributed by atoms with van der Waals surface area (Å²) < 4.78 is 0. The van der Waals surface area contributed by atoms with Gasteiger partial charge in [-0.2, -0.15) is 0 Å². The zero-order chi connectivity index (χ0) is 10.7. The normalized spacial score (nSPS) is 9.87. The third-order valence-electron chi connectivity index (χ3n) is 1.83. The lowest BCUT2D eigenvalue weighted by molar-refractivity contribution is 0.0697. The Morgan fingerprint density at radius 1 is 1.13 bits per heavy atom. The Bertz CT molecular complexity index is 485. The Hall–Kier alpha value is -2.30. The van der Waals surface area contributed by atoms with Crippen LogP contribution in [0.15, 0.2) is 36.9 Å². The lowest BCUT2D eigenvalue weighted by atomic mass is 10.2. The summed E-state index contributed by atoms with van der Waals surface area (Å²) in [6.45, 7) is 0. The van der Waals surface area contributed by atoms with Crippen LogP contribution in [0.3, 0.4) is 0 Å². The summed E-state index contributed by atoms with van der Waals surface area (Å²) in [6.07, 6.45) is 6.05. The number of hydrogen-bond donors (Lipinski definition) is 1. The fourth-order valence-corrected chi connectivity index (χ4v) is 1.14. The van der Waals surface area contributed by atoms with Gasteiger partial charge in [0.15, 0.2) is 0 Å². The van der Waals surface area contributed by atoms with Crippen molar-refractivity contribution in [1.29, 1.82) is 0 Å². The average Bonchev–Trinajstić information content (AvgIpc) is 2.30. The smallest absolute Gasteiger partial charge is 0.335 e. The first kappa shape index (κ1) is 9.26. The molecule has 0 aliphatic rings. The highest BCUT2D eigenvalue weighted by molar-refractivity contribution is 5.88. The van der Waals surface area contributed by atoms with Gasteiger partial charge in [-0.1, -0.05) is 0 Å². The Kier molecular flexibility index (Phi) is 2.37. The molecule has 74 valence electrons. The number of aromatic carboxylic acids is 1. The number of carbonyl (C=O) groups is 1. The molecule has 0 saturated heterocycles. The first-order chi connectivity index (χ1) is 7.27. The largest absolute Gasteiger partial charge is 0.478 e. The monoisotopic (exact) mass is 201 g/mol. The van der Waals surface area contributed by atoms with Gasteiger partial charge in [-0.25, -0.2) is 4.79 Å². The third-order valence-corrected chi connectivity index (χ3v) is 1.83. The van der Waals surface area contributed by atoms with Crippen molar-refractivity contribution in [2.24, 2.45) is 0 Å². The zero-order valence-corrected chi connectivity index (χ0v) is 7.66. The lowest BCUT2D eigenvalue weighted by Crippen LogP contribution is -1.97. The SMILES string of the molecule is O=C(O)c1ccnc(-c2cnccn2)c1. The highest BCUT2D eigenvalue weighted by Gasteiger charge is 2.06. The van der Waals surface area contributed by atoms with E-state index in [4.69, 9.17) is 5.11 Å². The number of pyridine rings is 1. The number of hydrogen-bond acceptors (Lipinski definition) is 4. The molecule has 0 amide bonds. The van der Waals surface area contributed by atoms with E-state index in [1.807, 2.05) is 0 Å². The summed E-state index contributed by atoms with van der Waals surface area (Å²) in [5.74, 6) is -0.984. The predicted molar refractivity (Wildman–Crippen MR) is 52.2 cm³/mol. The highest BCUT2D eigenvalue weighted by atomic mass is 16.4. The van der Waals surface area contributed by atoms with E-state index in [0.29, 0.717) is 11.4 Å². The molecule has 2 aromatic heterocycles. The summed E-state index contributed by atoms with van der Waals surface area (Å²) in [6, 6.07) is 2.90. The Labute approximate surface area is 85.5 Å². The zero-order valence-electron chi connectivity index (χ0n) is 7.66. The van der Waals surface area contributed by atoms with Crippen LogP contribution in [-0.4, -0.2) is 26.0 Å². The Morgan fingerprint density at radius 2 is 1.93 bits per heavy atom. The Balaban J connectivity index is 2.46. The van der Waals surface area contributed by atoms with Crippen LogP contribution in [0.5, 0.6) is 0 Å². The van der Waals surface area contributed by atoms with Crippen LogP contribution < -0.4 is 0 Å². The molecule has 5 nitrogen and oxygen atoms in total. The number of rotatable bonds is 2. The van der Waals surface area contributed by atoms with Crippen molar-refractivity contribution >= 4 is 5.97 Å². The Morgan fingerprint density at radius 3 is 2.60 bits per heavy atom. The molecule has 1 N–H and O–H groups in total. The molecule has 15 heavy (non-hydrogen) atoms. The molecular weight excluding hydrogens is 194 g/mol. The molecule has 0 fully saturated rings. The van der Waals surface area contributed by atoms with Crippen molar-refractivity contribution in [1.82, 2.24) is 15.0 Å². The van der Waals surface area contributed by atoms with Gasteiger partial charge >= 0.3 is 5.97 Å². The van der Waals surface area contributed by atoms with Crippen LogP contribution in [0.25, 0.3) is 11.4 Å². The van der Waals surface area contributed by atoms with Crippen LogP contribution in [0.4, 0.5) is 0 Å². The summed E-state index contributed by atoms with van der Waals surface area (Å²) in [4.78, 5) is 22.7. The first-order valence-electron chi connectivity index (χ1n) is 4.23. The van der Waals surface area contributed by atoms with Gasteiger partial charge in [-0.3, -0.25) is 15.0 Å². The van der Waals surface area contributed by atoms with Gasteiger partial charge < -0.3 is 5.11 Å². The minimum Gasteiger partial charge on any atom is -0.478 e. The molecule has 0 spiro atoms. The summed E-state index contributed by atoms with van der Waals surface area (Å²) in [5.41, 5.74) is 1.24. The molecule has 5 heteroatoms. The number of nitrogens with zero attached hydrogens (tertiary/aromatic N) is 3. The number of carboxylic acid groups (broad SMARTS) is 1. The van der Waals surface area contributed by atoms with Crippen LogP contribution in [0.2, 0.25) is 0 Å². The van der Waals surface area contributed by atoms with E-state index in [0.717, 1.165) is 0 Å². The van der Waals surface area contributed by atoms with Crippen LogP contribution >= 0.6 is 0 Å². The van der Waals surface area contributed by atoms with E-state index in [9.17, 15) is 4.79 Å². The second kappa shape index (κ2) is 3.83. The molecule has 2 aromatic rings. The van der Waals surface area contributed by atoms with E-state index < -0.39 is 5.97 Å². The first-order valence-corrected chi connectivity index (χ1v) is 4.23. The van der Waals surface area contributed by atoms with Crippen molar-refractivity contribution in [2.45, 2.75) is 0 Å². The maximum absolute atomic E-state index is 10.7. The van der Waals surface area contributed by atoms with Crippen molar-refractivity contribution in [3.8, 4) is 11.4 Å². The molecule has 0 aromatic carbocycles. The van der Waals surface area contributed by atoms with E-state index in [2.05, 4.69) is 15.0 Å². The lowest BCUT2D eigenvalue weighted by Gasteiger charge is -1.99. The molecule has 0 saturated carbocycles. The van der Waals surface area contributed by atoms with E-state index in [1.165, 1.54) is 30.7 Å². The molecular formula is C10H7N3O2. The molecule has 2 rings (SSSR count).